The zero-order chi connectivity index (χ0) is 26.2. The Hall–Kier alpha value is -5.06. The van der Waals surface area contributed by atoms with Gasteiger partial charge in [-0.25, -0.2) is 29.5 Å². The minimum atomic E-state index is -2.23. The van der Waals surface area contributed by atoms with Gasteiger partial charge in [-0.3, -0.25) is 0 Å². The normalized spacial score (nSPS) is 13.0. The fourth-order valence-electron chi connectivity index (χ4n) is 3.99. The predicted molar refractivity (Wildman–Crippen MR) is 137 cm³/mol. The molecule has 2 unspecified atom stereocenters. The Kier molecular flexibility index (Phi) is 5.79. The molecular weight excluding hydrogens is 488 g/mol. The lowest BCUT2D eigenvalue weighted by Crippen LogP contribution is -2.43. The van der Waals surface area contributed by atoms with Crippen LogP contribution in [-0.2, 0) is 9.59 Å². The minimum absolute atomic E-state index is 0.0153. The molecule has 6 aromatic rings. The number of aromatic nitrogens is 4. The maximum Gasteiger partial charge on any atom is 0.343 e. The summed E-state index contributed by atoms with van der Waals surface area (Å²) in [5.74, 6) is -2.50. The SMILES string of the molecule is O=C(Oc1cccc2nc3ccccc3nc12)C(O)C(O)C(=O)Oc1cccc2nc3ccccc3nc12. The summed E-state index contributed by atoms with van der Waals surface area (Å²) in [5, 5.41) is 20.8. The molecule has 2 N–H and O–H groups in total. The highest BCUT2D eigenvalue weighted by atomic mass is 16.6. The molecule has 0 fully saturated rings. The molecule has 0 amide bonds. The van der Waals surface area contributed by atoms with Gasteiger partial charge in [-0.15, -0.1) is 0 Å². The quantitative estimate of drug-likeness (QED) is 0.203. The molecule has 2 atom stereocenters. The Balaban J connectivity index is 1.22. The molecule has 10 heteroatoms. The lowest BCUT2D eigenvalue weighted by molar-refractivity contribution is -0.162. The molecule has 186 valence electrons. The van der Waals surface area contributed by atoms with Crippen LogP contribution in [-0.4, -0.2) is 54.3 Å². The molecule has 0 aliphatic carbocycles. The van der Waals surface area contributed by atoms with E-state index in [1.54, 1.807) is 60.7 Å². The van der Waals surface area contributed by atoms with Crippen molar-refractivity contribution in [3.05, 3.63) is 84.9 Å². The van der Waals surface area contributed by atoms with Crippen LogP contribution in [0.2, 0.25) is 0 Å². The number of carbonyl (C=O) groups excluding carboxylic acids is 2. The van der Waals surface area contributed by atoms with Crippen molar-refractivity contribution in [1.82, 2.24) is 19.9 Å². The largest absolute Gasteiger partial charge is 0.422 e. The highest BCUT2D eigenvalue weighted by Gasteiger charge is 2.34. The molecule has 0 radical (unpaired) electrons. The number of carbonyl (C=O) groups is 2. The van der Waals surface area contributed by atoms with E-state index in [2.05, 4.69) is 19.9 Å². The van der Waals surface area contributed by atoms with Gasteiger partial charge in [-0.2, -0.15) is 0 Å². The third kappa shape index (κ3) is 4.23. The van der Waals surface area contributed by atoms with E-state index in [0.717, 1.165) is 0 Å². The number of rotatable bonds is 5. The van der Waals surface area contributed by atoms with Gasteiger partial charge in [0.2, 0.25) is 0 Å². The van der Waals surface area contributed by atoms with E-state index in [4.69, 9.17) is 9.47 Å². The van der Waals surface area contributed by atoms with E-state index in [1.807, 2.05) is 12.1 Å². The number of hydrogen-bond acceptors (Lipinski definition) is 10. The van der Waals surface area contributed by atoms with Crippen LogP contribution in [0, 0.1) is 0 Å². The predicted octanol–water partition coefficient (Wildman–Crippen LogP) is 3.11. The lowest BCUT2D eigenvalue weighted by atomic mass is 10.2. The van der Waals surface area contributed by atoms with Crippen LogP contribution >= 0.6 is 0 Å². The maximum absolute atomic E-state index is 12.7. The topological polar surface area (TPSA) is 145 Å². The van der Waals surface area contributed by atoms with E-state index in [0.29, 0.717) is 33.1 Å². The number of ether oxygens (including phenoxy) is 2. The molecule has 0 bridgehead atoms. The molecule has 6 rings (SSSR count). The molecule has 0 aliphatic rings. The molecule has 10 nitrogen and oxygen atoms in total. The van der Waals surface area contributed by atoms with Crippen molar-refractivity contribution < 1.29 is 29.3 Å². The summed E-state index contributed by atoms with van der Waals surface area (Å²) < 4.78 is 10.6. The van der Waals surface area contributed by atoms with Crippen molar-refractivity contribution in [2.24, 2.45) is 0 Å². The number of para-hydroxylation sites is 6. The average molecular weight is 506 g/mol. The third-order valence-electron chi connectivity index (χ3n) is 5.87. The smallest absolute Gasteiger partial charge is 0.343 e. The van der Waals surface area contributed by atoms with E-state index >= 15 is 0 Å². The Labute approximate surface area is 214 Å². The van der Waals surface area contributed by atoms with Crippen LogP contribution in [0.4, 0.5) is 0 Å². The van der Waals surface area contributed by atoms with Gasteiger partial charge < -0.3 is 19.7 Å². The number of fused-ring (bicyclic) bond motifs is 4. The van der Waals surface area contributed by atoms with Gasteiger partial charge in [0.1, 0.15) is 11.0 Å². The Morgan fingerprint density at radius 1 is 0.500 bits per heavy atom. The summed E-state index contributed by atoms with van der Waals surface area (Å²) in [7, 11) is 0. The standard InChI is InChI=1S/C28H18N4O6/c33-25(27(35)37-21-13-5-11-19-23(21)31-17-9-3-1-7-15(17)29-19)26(34)28(36)38-22-14-6-12-20-24(22)32-18-10-4-2-8-16(18)30-20/h1-14,25-26,33-34H. The fourth-order valence-corrected chi connectivity index (χ4v) is 3.99. The van der Waals surface area contributed by atoms with Crippen LogP contribution in [0.15, 0.2) is 84.9 Å². The second-order valence-corrected chi connectivity index (χ2v) is 8.40. The maximum atomic E-state index is 12.7. The van der Waals surface area contributed by atoms with Gasteiger partial charge in [0, 0.05) is 0 Å². The summed E-state index contributed by atoms with van der Waals surface area (Å²) in [4.78, 5) is 43.3. The van der Waals surface area contributed by atoms with Crippen LogP contribution in [0.5, 0.6) is 11.5 Å². The average Bonchev–Trinajstić information content (AvgIpc) is 2.94. The van der Waals surface area contributed by atoms with Crippen molar-refractivity contribution in [3.63, 3.8) is 0 Å². The zero-order valence-electron chi connectivity index (χ0n) is 19.6. The Morgan fingerprint density at radius 2 is 0.842 bits per heavy atom. The van der Waals surface area contributed by atoms with Crippen molar-refractivity contribution in [3.8, 4) is 11.5 Å². The molecular formula is C28H18N4O6. The first kappa shape index (κ1) is 23.3. The number of aliphatic hydroxyl groups excluding tert-OH is 2. The third-order valence-corrected chi connectivity index (χ3v) is 5.87. The number of aliphatic hydroxyl groups is 2. The summed E-state index contributed by atoms with van der Waals surface area (Å²) in [6.45, 7) is 0. The summed E-state index contributed by atoms with van der Waals surface area (Å²) in [6.07, 6.45) is -4.46. The monoisotopic (exact) mass is 506 g/mol. The fraction of sp³-hybridized carbons (Fsp3) is 0.0714. The van der Waals surface area contributed by atoms with Crippen LogP contribution in [0.3, 0.4) is 0 Å². The van der Waals surface area contributed by atoms with Gasteiger partial charge in [0.05, 0.1) is 33.1 Å². The molecule has 0 saturated carbocycles. The van der Waals surface area contributed by atoms with Crippen LogP contribution < -0.4 is 9.47 Å². The molecule has 4 aromatic carbocycles. The first-order valence-electron chi connectivity index (χ1n) is 11.6. The summed E-state index contributed by atoms with van der Waals surface area (Å²) in [6, 6.07) is 23.9. The van der Waals surface area contributed by atoms with Crippen molar-refractivity contribution in [2.45, 2.75) is 12.2 Å². The number of hydrogen-bond donors (Lipinski definition) is 2. The van der Waals surface area contributed by atoms with Crippen molar-refractivity contribution in [1.29, 1.82) is 0 Å². The second kappa shape index (κ2) is 9.43. The summed E-state index contributed by atoms with van der Waals surface area (Å²) in [5.41, 5.74) is 3.98. The number of nitrogens with zero attached hydrogens (tertiary/aromatic N) is 4. The van der Waals surface area contributed by atoms with E-state index in [1.165, 1.54) is 12.1 Å². The first-order chi connectivity index (χ1) is 18.5. The highest BCUT2D eigenvalue weighted by Crippen LogP contribution is 2.27. The molecule has 0 spiro atoms. The highest BCUT2D eigenvalue weighted by molar-refractivity contribution is 5.94. The van der Waals surface area contributed by atoms with Gasteiger partial charge in [0.25, 0.3) is 0 Å². The lowest BCUT2D eigenvalue weighted by Gasteiger charge is -2.16. The number of esters is 2. The molecule has 2 heterocycles. The molecule has 38 heavy (non-hydrogen) atoms. The summed E-state index contributed by atoms with van der Waals surface area (Å²) >= 11 is 0. The zero-order valence-corrected chi connectivity index (χ0v) is 19.6. The number of benzene rings is 4. The van der Waals surface area contributed by atoms with Gasteiger partial charge >= 0.3 is 11.9 Å². The second-order valence-electron chi connectivity index (χ2n) is 8.40. The van der Waals surface area contributed by atoms with E-state index in [9.17, 15) is 19.8 Å². The van der Waals surface area contributed by atoms with Crippen LogP contribution in [0.1, 0.15) is 0 Å². The van der Waals surface area contributed by atoms with Gasteiger partial charge in [0.15, 0.2) is 23.7 Å². The van der Waals surface area contributed by atoms with E-state index < -0.39 is 24.1 Å². The first-order valence-corrected chi connectivity index (χ1v) is 11.6. The van der Waals surface area contributed by atoms with Crippen molar-refractivity contribution in [2.75, 3.05) is 0 Å². The van der Waals surface area contributed by atoms with Crippen LogP contribution in [0.25, 0.3) is 44.1 Å². The van der Waals surface area contributed by atoms with Gasteiger partial charge in [-0.05, 0) is 48.5 Å². The van der Waals surface area contributed by atoms with Crippen molar-refractivity contribution >= 4 is 56.1 Å². The minimum Gasteiger partial charge on any atom is -0.422 e. The Bertz CT molecular complexity index is 1740. The molecule has 0 aliphatic heterocycles. The Morgan fingerprint density at radius 3 is 1.24 bits per heavy atom. The van der Waals surface area contributed by atoms with Gasteiger partial charge in [-0.1, -0.05) is 36.4 Å². The molecule has 0 saturated heterocycles. The molecule has 2 aromatic heterocycles. The van der Waals surface area contributed by atoms with E-state index in [-0.39, 0.29) is 22.5 Å².